The summed E-state index contributed by atoms with van der Waals surface area (Å²) in [5, 5.41) is 2.72. The van der Waals surface area contributed by atoms with Gasteiger partial charge in [0.05, 0.1) is 11.9 Å². The third-order valence-electron chi connectivity index (χ3n) is 6.74. The highest BCUT2D eigenvalue weighted by Gasteiger charge is 2.30. The van der Waals surface area contributed by atoms with E-state index in [0.717, 1.165) is 27.8 Å². The lowest BCUT2D eigenvalue weighted by molar-refractivity contribution is -0.141. The van der Waals surface area contributed by atoms with Gasteiger partial charge in [-0.3, -0.25) is 13.9 Å². The second-order valence-corrected chi connectivity index (χ2v) is 12.0. The van der Waals surface area contributed by atoms with E-state index in [4.69, 9.17) is 0 Å². The lowest BCUT2D eigenvalue weighted by atomic mass is 10.0. The normalized spacial score (nSPS) is 12.0. The van der Waals surface area contributed by atoms with Crippen LogP contribution in [0.25, 0.3) is 0 Å². The molecule has 0 spiro atoms. The largest absolute Gasteiger partial charge is 0.357 e. The summed E-state index contributed by atoms with van der Waals surface area (Å²) < 4.78 is 26.8. The van der Waals surface area contributed by atoms with E-state index in [1.165, 1.54) is 10.6 Å². The molecule has 0 saturated carbocycles. The van der Waals surface area contributed by atoms with E-state index in [9.17, 15) is 18.0 Å². The highest BCUT2D eigenvalue weighted by atomic mass is 32.2. The molecule has 0 aliphatic rings. The molecule has 8 heteroatoms. The molecule has 0 saturated heterocycles. The minimum Gasteiger partial charge on any atom is -0.357 e. The number of hydrogen-bond acceptors (Lipinski definition) is 4. The number of carbonyl (C=O) groups excluding carboxylic acids is 2. The van der Waals surface area contributed by atoms with Crippen molar-refractivity contribution in [3.63, 3.8) is 0 Å². The van der Waals surface area contributed by atoms with E-state index in [2.05, 4.69) is 5.32 Å². The Morgan fingerprint density at radius 2 is 1.54 bits per heavy atom. The zero-order valence-electron chi connectivity index (χ0n) is 23.5. The van der Waals surface area contributed by atoms with Crippen LogP contribution >= 0.6 is 0 Å². The van der Waals surface area contributed by atoms with Gasteiger partial charge in [-0.25, -0.2) is 8.42 Å². The number of nitrogens with zero attached hydrogens (tertiary/aromatic N) is 2. The third-order valence-corrected chi connectivity index (χ3v) is 7.92. The Hall–Kier alpha value is -3.65. The summed E-state index contributed by atoms with van der Waals surface area (Å²) in [6.45, 7) is 6.22. The summed E-state index contributed by atoms with van der Waals surface area (Å²) in [6, 6.07) is 22.5. The van der Waals surface area contributed by atoms with Crippen molar-refractivity contribution in [3.8, 4) is 0 Å². The van der Waals surface area contributed by atoms with Gasteiger partial charge in [-0.15, -0.1) is 0 Å². The van der Waals surface area contributed by atoms with Crippen molar-refractivity contribution >= 4 is 27.5 Å². The van der Waals surface area contributed by atoms with Gasteiger partial charge in [0.1, 0.15) is 6.04 Å². The maximum atomic E-state index is 13.8. The van der Waals surface area contributed by atoms with Crippen molar-refractivity contribution in [1.82, 2.24) is 10.2 Å². The maximum absolute atomic E-state index is 13.8. The highest BCUT2D eigenvalue weighted by Crippen LogP contribution is 2.25. The lowest BCUT2D eigenvalue weighted by Gasteiger charge is -2.32. The molecule has 0 bridgehead atoms. The zero-order chi connectivity index (χ0) is 28.6. The molecule has 0 aliphatic carbocycles. The average molecular weight is 550 g/mol. The average Bonchev–Trinajstić information content (AvgIpc) is 2.89. The van der Waals surface area contributed by atoms with Gasteiger partial charge in [-0.05, 0) is 55.5 Å². The number of amides is 2. The number of carbonyl (C=O) groups is 2. The third kappa shape index (κ3) is 8.42. The number of nitrogens with one attached hydrogen (secondary N) is 1. The van der Waals surface area contributed by atoms with E-state index >= 15 is 0 Å². The molecule has 0 heterocycles. The first kappa shape index (κ1) is 29.9. The van der Waals surface area contributed by atoms with E-state index in [-0.39, 0.29) is 31.3 Å². The van der Waals surface area contributed by atoms with E-state index in [0.29, 0.717) is 18.5 Å². The molecule has 208 valence electrons. The van der Waals surface area contributed by atoms with Crippen molar-refractivity contribution in [1.29, 1.82) is 0 Å². The van der Waals surface area contributed by atoms with Gasteiger partial charge < -0.3 is 10.2 Å². The predicted molar refractivity (Wildman–Crippen MR) is 157 cm³/mol. The van der Waals surface area contributed by atoms with Crippen LogP contribution < -0.4 is 9.62 Å². The van der Waals surface area contributed by atoms with Crippen molar-refractivity contribution in [3.05, 3.63) is 101 Å². The van der Waals surface area contributed by atoms with Crippen LogP contribution in [0, 0.1) is 20.8 Å². The highest BCUT2D eigenvalue weighted by molar-refractivity contribution is 7.92. The van der Waals surface area contributed by atoms with Crippen LogP contribution in [0.2, 0.25) is 0 Å². The molecule has 0 aliphatic heterocycles. The van der Waals surface area contributed by atoms with Gasteiger partial charge in [-0.2, -0.15) is 0 Å². The minimum absolute atomic E-state index is 0.102. The maximum Gasteiger partial charge on any atom is 0.242 e. The van der Waals surface area contributed by atoms with Gasteiger partial charge in [0, 0.05) is 33.0 Å². The van der Waals surface area contributed by atoms with Crippen molar-refractivity contribution in [2.45, 2.75) is 52.6 Å². The minimum atomic E-state index is -3.56. The van der Waals surface area contributed by atoms with Gasteiger partial charge in [-0.1, -0.05) is 72.3 Å². The second kappa shape index (κ2) is 13.4. The quantitative estimate of drug-likeness (QED) is 0.359. The van der Waals surface area contributed by atoms with Crippen LogP contribution in [0.5, 0.6) is 0 Å². The smallest absolute Gasteiger partial charge is 0.242 e. The zero-order valence-corrected chi connectivity index (χ0v) is 24.3. The number of likely N-dealkylation sites (N-methyl/N-ethyl adjacent to an activating group) is 1. The van der Waals surface area contributed by atoms with E-state index in [1.807, 2.05) is 93.6 Å². The Labute approximate surface area is 232 Å². The van der Waals surface area contributed by atoms with Gasteiger partial charge in [0.25, 0.3) is 0 Å². The molecule has 3 aromatic carbocycles. The summed E-state index contributed by atoms with van der Waals surface area (Å²) in [7, 11) is -1.99. The predicted octanol–water partition coefficient (Wildman–Crippen LogP) is 4.54. The fourth-order valence-corrected chi connectivity index (χ4v) is 5.71. The lowest BCUT2D eigenvalue weighted by Crippen LogP contribution is -2.49. The van der Waals surface area contributed by atoms with Crippen LogP contribution in [-0.2, 0) is 32.6 Å². The number of benzene rings is 3. The summed E-state index contributed by atoms with van der Waals surface area (Å²) in [5.41, 5.74) is 5.37. The standard InChI is InChI=1S/C31H39N3O4S/c1-23-11-9-14-27(19-23)22-33(29(31(36)32-4)21-26-12-7-6-8-13-26)30(35)15-10-18-34(39(5,37)38)28-20-24(2)16-17-25(28)3/h6-9,11-14,16-17,19-20,29H,10,15,18,21-22H2,1-5H3,(H,32,36)/t29-/m0/s1. The summed E-state index contributed by atoms with van der Waals surface area (Å²) in [6.07, 6.45) is 1.97. The van der Waals surface area contributed by atoms with Gasteiger partial charge in [0.15, 0.2) is 0 Å². The van der Waals surface area contributed by atoms with Crippen LogP contribution in [0.3, 0.4) is 0 Å². The molecule has 3 rings (SSSR count). The van der Waals surface area contributed by atoms with Crippen LogP contribution in [0.1, 0.15) is 40.7 Å². The van der Waals surface area contributed by atoms with Gasteiger partial charge >= 0.3 is 0 Å². The Kier molecular flexibility index (Phi) is 10.3. The molecule has 7 nitrogen and oxygen atoms in total. The Balaban J connectivity index is 1.86. The van der Waals surface area contributed by atoms with Crippen LogP contribution in [0.4, 0.5) is 5.69 Å². The first-order chi connectivity index (χ1) is 18.5. The molecule has 0 aromatic heterocycles. The monoisotopic (exact) mass is 549 g/mol. The Morgan fingerprint density at radius 3 is 2.18 bits per heavy atom. The summed E-state index contributed by atoms with van der Waals surface area (Å²) >= 11 is 0. The van der Waals surface area contributed by atoms with Crippen molar-refractivity contribution in [2.24, 2.45) is 0 Å². The van der Waals surface area contributed by atoms with Crippen LogP contribution in [-0.4, -0.2) is 51.0 Å². The topological polar surface area (TPSA) is 86.8 Å². The number of rotatable bonds is 12. The summed E-state index contributed by atoms with van der Waals surface area (Å²) in [5.74, 6) is -0.441. The summed E-state index contributed by atoms with van der Waals surface area (Å²) in [4.78, 5) is 28.5. The fraction of sp³-hybridized carbons (Fsp3) is 0.355. The number of aryl methyl sites for hydroxylation is 3. The molecule has 39 heavy (non-hydrogen) atoms. The Bertz CT molecular complexity index is 1390. The molecular formula is C31H39N3O4S. The molecular weight excluding hydrogens is 510 g/mol. The number of hydrogen-bond donors (Lipinski definition) is 1. The van der Waals surface area contributed by atoms with Crippen molar-refractivity contribution in [2.75, 3.05) is 24.2 Å². The molecule has 0 radical (unpaired) electrons. The molecule has 3 aromatic rings. The van der Waals surface area contributed by atoms with Crippen LogP contribution in [0.15, 0.2) is 72.8 Å². The first-order valence-electron chi connectivity index (χ1n) is 13.1. The molecule has 1 atom stereocenters. The number of anilines is 1. The molecule has 2 amide bonds. The SMILES string of the molecule is CNC(=O)[C@H](Cc1ccccc1)N(Cc1cccc(C)c1)C(=O)CCCN(c1cc(C)ccc1C)S(C)(=O)=O. The molecule has 0 fully saturated rings. The van der Waals surface area contributed by atoms with E-state index in [1.54, 1.807) is 11.9 Å². The van der Waals surface area contributed by atoms with E-state index < -0.39 is 16.1 Å². The first-order valence-corrected chi connectivity index (χ1v) is 15.0. The van der Waals surface area contributed by atoms with Gasteiger partial charge in [0.2, 0.25) is 21.8 Å². The number of sulfonamides is 1. The fourth-order valence-electron chi connectivity index (χ4n) is 4.70. The Morgan fingerprint density at radius 1 is 0.872 bits per heavy atom. The second-order valence-electron chi connectivity index (χ2n) is 10.1. The van der Waals surface area contributed by atoms with Crippen molar-refractivity contribution < 1.29 is 18.0 Å². The molecule has 0 unspecified atom stereocenters. The molecule has 1 N–H and O–H groups in total.